The van der Waals surface area contributed by atoms with Crippen LogP contribution in [0.1, 0.15) is 17.7 Å². The van der Waals surface area contributed by atoms with E-state index in [0.29, 0.717) is 5.15 Å². The van der Waals surface area contributed by atoms with Gasteiger partial charge in [-0.25, -0.2) is 9.97 Å². The fourth-order valence-electron chi connectivity index (χ4n) is 1.36. The van der Waals surface area contributed by atoms with Gasteiger partial charge in [0.2, 0.25) is 0 Å². The maximum absolute atomic E-state index is 5.94. The summed E-state index contributed by atoms with van der Waals surface area (Å²) < 4.78 is 0. The topological polar surface area (TPSA) is 37.8 Å². The lowest BCUT2D eigenvalue weighted by atomic mass is 10.1. The number of hydrogen-bond donors (Lipinski definition) is 1. The number of halogens is 1. The molecule has 2 rings (SSSR count). The first-order chi connectivity index (χ1) is 6.38. The number of aromatic nitrogens is 2. The van der Waals surface area contributed by atoms with Gasteiger partial charge in [0.25, 0.3) is 0 Å². The summed E-state index contributed by atoms with van der Waals surface area (Å²) >= 11 is 5.94. The second-order valence-electron chi connectivity index (χ2n) is 2.92. The van der Waals surface area contributed by atoms with Crippen LogP contribution in [0.3, 0.4) is 0 Å². The maximum atomic E-state index is 5.94. The van der Waals surface area contributed by atoms with E-state index in [1.807, 2.05) is 12.3 Å². The van der Waals surface area contributed by atoms with Crippen molar-refractivity contribution >= 4 is 17.7 Å². The van der Waals surface area contributed by atoms with Crippen molar-refractivity contribution in [1.29, 1.82) is 0 Å². The average Bonchev–Trinajstić information content (AvgIpc) is 2.07. The molecule has 4 heteroatoms. The van der Waals surface area contributed by atoms with Gasteiger partial charge in [0.05, 0.1) is 5.69 Å². The van der Waals surface area contributed by atoms with Gasteiger partial charge in [-0.1, -0.05) is 11.6 Å². The van der Waals surface area contributed by atoms with Crippen LogP contribution >= 0.6 is 11.6 Å². The first-order valence-electron chi connectivity index (χ1n) is 4.27. The minimum atomic E-state index is 0.532. The summed E-state index contributed by atoms with van der Waals surface area (Å²) in [5.41, 5.74) is 1.98. The molecule has 0 aliphatic carbocycles. The lowest BCUT2D eigenvalue weighted by Gasteiger charge is -2.09. The Labute approximate surface area is 81.9 Å². The van der Waals surface area contributed by atoms with Crippen molar-refractivity contribution in [2.24, 2.45) is 0 Å². The van der Waals surface area contributed by atoms with E-state index in [9.17, 15) is 0 Å². The maximum Gasteiger partial charge on any atom is 0.139 e. The molecule has 1 aromatic rings. The molecule has 3 nitrogen and oxygen atoms in total. The fraction of sp³-hybridized carbons (Fsp3) is 0.333. The van der Waals surface area contributed by atoms with Crippen LogP contribution in [0, 0.1) is 0 Å². The van der Waals surface area contributed by atoms with Crippen molar-refractivity contribution in [2.45, 2.75) is 12.8 Å². The van der Waals surface area contributed by atoms with Crippen molar-refractivity contribution in [2.75, 3.05) is 6.54 Å². The third kappa shape index (κ3) is 1.80. The van der Waals surface area contributed by atoms with Crippen molar-refractivity contribution in [1.82, 2.24) is 15.3 Å². The smallest absolute Gasteiger partial charge is 0.139 e. The highest BCUT2D eigenvalue weighted by atomic mass is 35.5. The van der Waals surface area contributed by atoms with Crippen molar-refractivity contribution < 1.29 is 0 Å². The summed E-state index contributed by atoms with van der Waals surface area (Å²) in [5, 5.41) is 3.69. The number of nitrogens with zero attached hydrogens (tertiary/aromatic N) is 2. The monoisotopic (exact) mass is 195 g/mol. The number of aryl methyl sites for hydroxylation is 1. The van der Waals surface area contributed by atoms with Crippen LogP contribution in [0.5, 0.6) is 0 Å². The number of hydrogen-bond acceptors (Lipinski definition) is 3. The fourth-order valence-corrected chi connectivity index (χ4v) is 1.57. The van der Waals surface area contributed by atoms with Gasteiger partial charge in [-0.3, -0.25) is 0 Å². The van der Waals surface area contributed by atoms with E-state index in [4.69, 9.17) is 11.6 Å². The van der Waals surface area contributed by atoms with E-state index in [0.717, 1.165) is 30.6 Å². The van der Waals surface area contributed by atoms with Crippen LogP contribution in [-0.2, 0) is 6.42 Å². The molecule has 0 bridgehead atoms. The molecule has 0 spiro atoms. The van der Waals surface area contributed by atoms with E-state index >= 15 is 0 Å². The quantitative estimate of drug-likeness (QED) is 0.640. The van der Waals surface area contributed by atoms with Crippen LogP contribution < -0.4 is 5.32 Å². The van der Waals surface area contributed by atoms with E-state index in [2.05, 4.69) is 15.3 Å². The molecule has 1 aromatic heterocycles. The predicted octanol–water partition coefficient (Wildman–Crippen LogP) is 1.64. The molecular formula is C9H10ClN3. The molecule has 0 amide bonds. The second-order valence-corrected chi connectivity index (χ2v) is 3.27. The minimum absolute atomic E-state index is 0.532. The van der Waals surface area contributed by atoms with Crippen molar-refractivity contribution in [3.05, 3.63) is 28.9 Å². The summed E-state index contributed by atoms with van der Waals surface area (Å²) in [4.78, 5) is 8.15. The molecule has 68 valence electrons. The summed E-state index contributed by atoms with van der Waals surface area (Å²) in [6, 6.07) is 0. The molecule has 1 aliphatic rings. The number of rotatable bonds is 0. The molecule has 0 saturated heterocycles. The van der Waals surface area contributed by atoms with Crippen molar-refractivity contribution in [3.63, 3.8) is 0 Å². The lowest BCUT2D eigenvalue weighted by Crippen LogP contribution is -2.11. The Morgan fingerprint density at radius 3 is 3.23 bits per heavy atom. The Morgan fingerprint density at radius 2 is 2.31 bits per heavy atom. The van der Waals surface area contributed by atoms with Crippen LogP contribution in [-0.4, -0.2) is 16.5 Å². The molecule has 0 aromatic carbocycles. The molecule has 0 unspecified atom stereocenters. The predicted molar refractivity (Wildman–Crippen MR) is 52.4 cm³/mol. The first kappa shape index (κ1) is 8.51. The highest BCUT2D eigenvalue weighted by molar-refractivity contribution is 6.30. The van der Waals surface area contributed by atoms with Crippen LogP contribution in [0.25, 0.3) is 6.08 Å². The highest BCUT2D eigenvalue weighted by Gasteiger charge is 2.07. The summed E-state index contributed by atoms with van der Waals surface area (Å²) in [6.07, 6.45) is 7.37. The van der Waals surface area contributed by atoms with Gasteiger partial charge in [0.15, 0.2) is 0 Å². The van der Waals surface area contributed by atoms with Gasteiger partial charge in [-0.2, -0.15) is 0 Å². The third-order valence-electron chi connectivity index (χ3n) is 2.02. The lowest BCUT2D eigenvalue weighted by molar-refractivity contribution is 0.732. The molecule has 2 heterocycles. The van der Waals surface area contributed by atoms with Gasteiger partial charge >= 0.3 is 0 Å². The van der Waals surface area contributed by atoms with Crippen LogP contribution in [0.15, 0.2) is 12.5 Å². The number of fused-ring (bicyclic) bond motifs is 1. The Balaban J connectivity index is 2.45. The molecule has 0 atom stereocenters. The Kier molecular flexibility index (Phi) is 2.45. The summed E-state index contributed by atoms with van der Waals surface area (Å²) in [7, 11) is 0. The largest absolute Gasteiger partial charge is 0.391 e. The van der Waals surface area contributed by atoms with Gasteiger partial charge in [0, 0.05) is 12.1 Å². The van der Waals surface area contributed by atoms with E-state index in [1.54, 1.807) is 0 Å². The SMILES string of the molecule is Clc1ncnc2c1C=CNCCC2. The van der Waals surface area contributed by atoms with Gasteiger partial charge in [-0.15, -0.1) is 0 Å². The molecule has 0 saturated carbocycles. The molecule has 1 aliphatic heterocycles. The molecule has 0 radical (unpaired) electrons. The van der Waals surface area contributed by atoms with E-state index < -0.39 is 0 Å². The van der Waals surface area contributed by atoms with Crippen LogP contribution in [0.2, 0.25) is 5.15 Å². The molecule has 1 N–H and O–H groups in total. The third-order valence-corrected chi connectivity index (χ3v) is 2.32. The minimum Gasteiger partial charge on any atom is -0.391 e. The van der Waals surface area contributed by atoms with Crippen LogP contribution in [0.4, 0.5) is 0 Å². The normalized spacial score (nSPS) is 15.5. The Morgan fingerprint density at radius 1 is 1.38 bits per heavy atom. The molecular weight excluding hydrogens is 186 g/mol. The summed E-state index contributed by atoms with van der Waals surface area (Å²) in [5.74, 6) is 0. The second kappa shape index (κ2) is 3.75. The van der Waals surface area contributed by atoms with Crippen molar-refractivity contribution in [3.8, 4) is 0 Å². The zero-order chi connectivity index (χ0) is 9.10. The van der Waals surface area contributed by atoms with E-state index in [-0.39, 0.29) is 0 Å². The zero-order valence-electron chi connectivity index (χ0n) is 7.13. The zero-order valence-corrected chi connectivity index (χ0v) is 7.88. The standard InChI is InChI=1S/C9H10ClN3/c10-9-7-3-5-11-4-1-2-8(7)12-6-13-9/h3,5-6,11H,1-2,4H2. The summed E-state index contributed by atoms with van der Waals surface area (Å²) in [6.45, 7) is 0.984. The van der Waals surface area contributed by atoms with Gasteiger partial charge in [-0.05, 0) is 25.1 Å². The van der Waals surface area contributed by atoms with Gasteiger partial charge < -0.3 is 5.32 Å². The molecule has 13 heavy (non-hydrogen) atoms. The highest BCUT2D eigenvalue weighted by Crippen LogP contribution is 2.18. The number of nitrogens with one attached hydrogen (secondary N) is 1. The average molecular weight is 196 g/mol. The first-order valence-corrected chi connectivity index (χ1v) is 4.65. The molecule has 0 fully saturated rings. The Hall–Kier alpha value is -1.09. The van der Waals surface area contributed by atoms with Gasteiger partial charge in [0.1, 0.15) is 11.5 Å². The Bertz CT molecular complexity index is 336. The van der Waals surface area contributed by atoms with E-state index in [1.165, 1.54) is 6.33 Å².